The Labute approximate surface area is 145 Å². The molecule has 3 aromatic rings. The van der Waals surface area contributed by atoms with Crippen LogP contribution in [0, 0.1) is 0 Å². The van der Waals surface area contributed by atoms with Crippen LogP contribution in [-0.4, -0.2) is 37.6 Å². The highest BCUT2D eigenvalue weighted by molar-refractivity contribution is 5.44. The molecule has 0 saturated heterocycles. The summed E-state index contributed by atoms with van der Waals surface area (Å²) >= 11 is 0. The van der Waals surface area contributed by atoms with Crippen molar-refractivity contribution in [2.45, 2.75) is 26.2 Å². The number of ether oxygens (including phenoxy) is 2. The second kappa shape index (κ2) is 5.93. The van der Waals surface area contributed by atoms with Crippen molar-refractivity contribution in [2.75, 3.05) is 13.3 Å². The lowest BCUT2D eigenvalue weighted by molar-refractivity contribution is 0.173. The number of nitrogens with zero attached hydrogens (tertiary/aromatic N) is 5. The second-order valence-corrected chi connectivity index (χ2v) is 6.42. The van der Waals surface area contributed by atoms with E-state index in [0.29, 0.717) is 6.79 Å². The number of hydrogen-bond acceptors (Lipinski definition) is 5. The van der Waals surface area contributed by atoms with Gasteiger partial charge in [-0.3, -0.25) is 9.58 Å². The molecule has 7 heteroatoms. The van der Waals surface area contributed by atoms with Gasteiger partial charge in [-0.1, -0.05) is 6.07 Å². The van der Waals surface area contributed by atoms with Gasteiger partial charge >= 0.3 is 0 Å². The highest BCUT2D eigenvalue weighted by Gasteiger charge is 2.21. The Hall–Kier alpha value is -2.80. The molecule has 2 aliphatic heterocycles. The van der Waals surface area contributed by atoms with Gasteiger partial charge in [0.1, 0.15) is 5.82 Å². The van der Waals surface area contributed by atoms with E-state index in [-0.39, 0.29) is 0 Å². The summed E-state index contributed by atoms with van der Waals surface area (Å²) in [5.41, 5.74) is 2.45. The highest BCUT2D eigenvalue weighted by atomic mass is 16.7. The third-order valence-corrected chi connectivity index (χ3v) is 4.75. The Kier molecular flexibility index (Phi) is 3.45. The maximum absolute atomic E-state index is 5.47. The first-order chi connectivity index (χ1) is 12.3. The molecule has 0 aliphatic carbocycles. The molecule has 0 atom stereocenters. The Morgan fingerprint density at radius 1 is 1.08 bits per heavy atom. The third-order valence-electron chi connectivity index (χ3n) is 4.75. The molecular formula is C18H19N5O2. The molecular weight excluding hydrogens is 318 g/mol. The Balaban J connectivity index is 1.29. The lowest BCUT2D eigenvalue weighted by atomic mass is 10.2. The average Bonchev–Trinajstić information content (AvgIpc) is 3.36. The molecule has 2 aromatic heterocycles. The molecule has 0 bridgehead atoms. The minimum Gasteiger partial charge on any atom is -0.454 e. The van der Waals surface area contributed by atoms with E-state index in [0.717, 1.165) is 50.0 Å². The summed E-state index contributed by atoms with van der Waals surface area (Å²) in [6, 6.07) is 8.12. The summed E-state index contributed by atoms with van der Waals surface area (Å²) in [4.78, 5) is 7.04. The summed E-state index contributed by atoms with van der Waals surface area (Å²) in [6.07, 6.45) is 5.76. The van der Waals surface area contributed by atoms with Crippen LogP contribution < -0.4 is 9.47 Å². The van der Waals surface area contributed by atoms with Crippen LogP contribution in [0.3, 0.4) is 0 Å². The van der Waals surface area contributed by atoms with Crippen molar-refractivity contribution in [1.82, 2.24) is 24.2 Å². The van der Waals surface area contributed by atoms with Crippen LogP contribution in [0.5, 0.6) is 11.5 Å². The van der Waals surface area contributed by atoms with Crippen LogP contribution in [0.15, 0.2) is 42.9 Å². The number of fused-ring (bicyclic) bond motifs is 2. The molecule has 1 aromatic carbocycles. The minimum atomic E-state index is 0.318. The molecule has 0 saturated carbocycles. The Morgan fingerprint density at radius 3 is 2.96 bits per heavy atom. The van der Waals surface area contributed by atoms with E-state index in [2.05, 4.69) is 31.7 Å². The van der Waals surface area contributed by atoms with E-state index in [1.807, 2.05) is 29.2 Å². The molecule has 0 fully saturated rings. The van der Waals surface area contributed by atoms with Crippen molar-refractivity contribution in [3.8, 4) is 11.5 Å². The number of imidazole rings is 1. The van der Waals surface area contributed by atoms with Crippen LogP contribution in [-0.2, 0) is 26.2 Å². The third kappa shape index (κ3) is 2.76. The number of aromatic nitrogens is 4. The van der Waals surface area contributed by atoms with Crippen LogP contribution >= 0.6 is 0 Å². The van der Waals surface area contributed by atoms with Gasteiger partial charge in [0.15, 0.2) is 11.5 Å². The van der Waals surface area contributed by atoms with Crippen molar-refractivity contribution in [1.29, 1.82) is 0 Å². The molecule has 2 aliphatic rings. The zero-order valence-electron chi connectivity index (χ0n) is 13.8. The molecule has 0 radical (unpaired) electrons. The molecule has 0 N–H and O–H groups in total. The number of benzene rings is 1. The maximum atomic E-state index is 5.47. The predicted molar refractivity (Wildman–Crippen MR) is 90.2 cm³/mol. The van der Waals surface area contributed by atoms with E-state index >= 15 is 0 Å². The van der Waals surface area contributed by atoms with E-state index in [1.165, 1.54) is 11.3 Å². The first kappa shape index (κ1) is 14.5. The molecule has 25 heavy (non-hydrogen) atoms. The van der Waals surface area contributed by atoms with Crippen molar-refractivity contribution >= 4 is 0 Å². The summed E-state index contributed by atoms with van der Waals surface area (Å²) < 4.78 is 15.1. The van der Waals surface area contributed by atoms with Crippen LogP contribution in [0.1, 0.15) is 17.1 Å². The fraction of sp³-hybridized carbons (Fsp3) is 0.333. The second-order valence-electron chi connectivity index (χ2n) is 6.42. The van der Waals surface area contributed by atoms with E-state index in [1.54, 1.807) is 6.20 Å². The van der Waals surface area contributed by atoms with Gasteiger partial charge in [0.05, 0.1) is 25.0 Å². The monoisotopic (exact) mass is 337 g/mol. The van der Waals surface area contributed by atoms with Gasteiger partial charge < -0.3 is 14.0 Å². The van der Waals surface area contributed by atoms with Crippen LogP contribution in [0.4, 0.5) is 0 Å². The topological polar surface area (TPSA) is 57.3 Å². The molecule has 128 valence electrons. The van der Waals surface area contributed by atoms with E-state index in [9.17, 15) is 0 Å². The van der Waals surface area contributed by atoms with Crippen LogP contribution in [0.25, 0.3) is 0 Å². The van der Waals surface area contributed by atoms with Crippen molar-refractivity contribution in [2.24, 2.45) is 0 Å². The first-order valence-electron chi connectivity index (χ1n) is 8.47. The van der Waals surface area contributed by atoms with Crippen molar-refractivity contribution < 1.29 is 9.47 Å². The number of hydrogen-bond donors (Lipinski definition) is 0. The lowest BCUT2D eigenvalue weighted by Crippen LogP contribution is -2.34. The number of rotatable bonds is 4. The zero-order valence-corrected chi connectivity index (χ0v) is 13.8. The standard InChI is InChI=1S/C18H19N5O2/c1-4-20-22(5-1)11-15-9-19-18-12-21(6-7-23(15)18)10-14-2-3-16-17(8-14)25-13-24-16/h1-5,8-9H,6-7,10-13H2. The molecule has 0 spiro atoms. The minimum absolute atomic E-state index is 0.318. The van der Waals surface area contributed by atoms with Crippen LogP contribution in [0.2, 0.25) is 0 Å². The summed E-state index contributed by atoms with van der Waals surface area (Å²) in [7, 11) is 0. The first-order valence-corrected chi connectivity index (χ1v) is 8.47. The lowest BCUT2D eigenvalue weighted by Gasteiger charge is -2.28. The highest BCUT2D eigenvalue weighted by Crippen LogP contribution is 2.33. The SMILES string of the molecule is c1cnn(Cc2cnc3n2CCN(Cc2ccc4c(c2)OCO4)C3)c1. The largest absolute Gasteiger partial charge is 0.454 e. The van der Waals surface area contributed by atoms with Gasteiger partial charge in [0, 0.05) is 32.0 Å². The fourth-order valence-corrected chi connectivity index (χ4v) is 3.49. The molecule has 4 heterocycles. The fourth-order valence-electron chi connectivity index (χ4n) is 3.49. The van der Waals surface area contributed by atoms with Crippen molar-refractivity contribution in [3.63, 3.8) is 0 Å². The quantitative estimate of drug-likeness (QED) is 0.727. The molecule has 7 nitrogen and oxygen atoms in total. The van der Waals surface area contributed by atoms with Gasteiger partial charge in [-0.15, -0.1) is 0 Å². The van der Waals surface area contributed by atoms with Gasteiger partial charge in [-0.05, 0) is 23.8 Å². The zero-order chi connectivity index (χ0) is 16.6. The summed E-state index contributed by atoms with van der Waals surface area (Å²) in [5, 5.41) is 4.28. The molecule has 0 unspecified atom stereocenters. The molecule has 5 rings (SSSR count). The average molecular weight is 337 g/mol. The summed E-state index contributed by atoms with van der Waals surface area (Å²) in [5.74, 6) is 2.80. The van der Waals surface area contributed by atoms with E-state index < -0.39 is 0 Å². The summed E-state index contributed by atoms with van der Waals surface area (Å²) in [6.45, 7) is 4.78. The molecule has 0 amide bonds. The van der Waals surface area contributed by atoms with E-state index in [4.69, 9.17) is 9.47 Å². The van der Waals surface area contributed by atoms with Gasteiger partial charge in [-0.2, -0.15) is 5.10 Å². The maximum Gasteiger partial charge on any atom is 0.231 e. The normalized spacial score (nSPS) is 16.2. The predicted octanol–water partition coefficient (Wildman–Crippen LogP) is 1.87. The Morgan fingerprint density at radius 2 is 2.04 bits per heavy atom. The van der Waals surface area contributed by atoms with Gasteiger partial charge in [-0.25, -0.2) is 4.98 Å². The van der Waals surface area contributed by atoms with Crippen molar-refractivity contribution in [3.05, 3.63) is 59.9 Å². The Bertz CT molecular complexity index is 887. The van der Waals surface area contributed by atoms with Gasteiger partial charge in [0.25, 0.3) is 0 Å². The smallest absolute Gasteiger partial charge is 0.231 e. The van der Waals surface area contributed by atoms with Gasteiger partial charge in [0.2, 0.25) is 6.79 Å².